The van der Waals surface area contributed by atoms with Crippen molar-refractivity contribution >= 4 is 22.8 Å². The maximum atomic E-state index is 15.9. The summed E-state index contributed by atoms with van der Waals surface area (Å²) in [7, 11) is 0. The van der Waals surface area contributed by atoms with Crippen molar-refractivity contribution in [3.05, 3.63) is 147 Å². The van der Waals surface area contributed by atoms with Crippen molar-refractivity contribution in [2.75, 3.05) is 18.0 Å². The number of benzene rings is 4. The molecule has 1 N–H and O–H groups in total. The Balaban J connectivity index is 1.34. The molecule has 1 aromatic heterocycles. The van der Waals surface area contributed by atoms with E-state index in [1.807, 2.05) is 102 Å². The summed E-state index contributed by atoms with van der Waals surface area (Å²) in [4.78, 5) is 22.5. The Hall–Kier alpha value is -4.75. The lowest BCUT2D eigenvalue weighted by atomic mass is 9.80. The molecule has 1 fully saturated rings. The molecule has 1 atom stereocenters. The lowest BCUT2D eigenvalue weighted by Gasteiger charge is -2.36. The van der Waals surface area contributed by atoms with Crippen molar-refractivity contribution < 1.29 is 14.3 Å². The van der Waals surface area contributed by atoms with Crippen LogP contribution in [0.5, 0.6) is 0 Å². The van der Waals surface area contributed by atoms with Crippen molar-refractivity contribution in [2.24, 2.45) is 5.16 Å². The third-order valence-corrected chi connectivity index (χ3v) is 9.36. The average Bonchev–Trinajstić information content (AvgIpc) is 3.08. The topological polar surface area (TPSA) is 67.1 Å². The molecule has 2 aliphatic rings. The van der Waals surface area contributed by atoms with Crippen molar-refractivity contribution in [1.29, 1.82) is 0 Å². The Labute approximate surface area is 262 Å². The van der Waals surface area contributed by atoms with E-state index in [1.165, 1.54) is 12.3 Å². The fourth-order valence-electron chi connectivity index (χ4n) is 7.02. The summed E-state index contributed by atoms with van der Waals surface area (Å²) >= 11 is 0. The minimum absolute atomic E-state index is 0.118. The number of anilines is 1. The van der Waals surface area contributed by atoms with Crippen LogP contribution < -0.4 is 10.3 Å². The molecule has 0 aliphatic carbocycles. The molecule has 0 amide bonds. The van der Waals surface area contributed by atoms with E-state index < -0.39 is 11.4 Å². The van der Waals surface area contributed by atoms with Gasteiger partial charge in [0.1, 0.15) is 5.82 Å². The number of halogens is 1. The fourth-order valence-corrected chi connectivity index (χ4v) is 7.02. The van der Waals surface area contributed by atoms with Gasteiger partial charge < -0.3 is 19.4 Å². The Morgan fingerprint density at radius 1 is 0.889 bits per heavy atom. The highest BCUT2D eigenvalue weighted by Crippen LogP contribution is 2.41. The van der Waals surface area contributed by atoms with Crippen LogP contribution in [-0.4, -0.2) is 35.1 Å². The number of hydrogen-bond acceptors (Lipinski definition) is 5. The van der Waals surface area contributed by atoms with Crippen LogP contribution in [0.15, 0.2) is 113 Å². The predicted molar refractivity (Wildman–Crippen MR) is 177 cm³/mol. The summed E-state index contributed by atoms with van der Waals surface area (Å²) in [6.07, 6.45) is 5.66. The van der Waals surface area contributed by atoms with Crippen LogP contribution in [0.25, 0.3) is 10.9 Å². The van der Waals surface area contributed by atoms with Gasteiger partial charge in [-0.15, -0.1) is 0 Å². The Morgan fingerprint density at radius 2 is 1.44 bits per heavy atom. The van der Waals surface area contributed by atoms with Gasteiger partial charge in [-0.05, 0) is 38.7 Å². The second kappa shape index (κ2) is 12.0. The molecule has 45 heavy (non-hydrogen) atoms. The van der Waals surface area contributed by atoms with Gasteiger partial charge in [-0.25, -0.2) is 4.39 Å². The third-order valence-electron chi connectivity index (χ3n) is 9.36. The van der Waals surface area contributed by atoms with E-state index in [1.54, 1.807) is 0 Å². The number of oxime groups is 1. The molecular formula is C38H36FN3O3. The van der Waals surface area contributed by atoms with Gasteiger partial charge in [0.2, 0.25) is 5.60 Å². The highest BCUT2D eigenvalue weighted by molar-refractivity contribution is 5.93. The van der Waals surface area contributed by atoms with Gasteiger partial charge in [0.25, 0.3) is 0 Å². The van der Waals surface area contributed by atoms with Gasteiger partial charge in [-0.3, -0.25) is 4.79 Å². The van der Waals surface area contributed by atoms with Crippen molar-refractivity contribution in [3.63, 3.8) is 0 Å². The number of pyridine rings is 1. The first kappa shape index (κ1) is 29.0. The molecule has 0 radical (unpaired) electrons. The quantitative estimate of drug-likeness (QED) is 0.125. The largest absolute Gasteiger partial charge is 0.393 e. The van der Waals surface area contributed by atoms with E-state index in [0.717, 1.165) is 34.2 Å². The lowest BCUT2D eigenvalue weighted by molar-refractivity contribution is 0.0183. The number of piperidine rings is 1. The van der Waals surface area contributed by atoms with Crippen LogP contribution in [0, 0.1) is 5.82 Å². The molecule has 0 spiro atoms. The molecule has 3 heterocycles. The van der Waals surface area contributed by atoms with Gasteiger partial charge >= 0.3 is 0 Å². The van der Waals surface area contributed by atoms with Gasteiger partial charge in [-0.2, -0.15) is 0 Å². The maximum absolute atomic E-state index is 15.9. The number of aryl methyl sites for hydroxylation is 1. The molecular weight excluding hydrogens is 565 g/mol. The first-order valence-corrected chi connectivity index (χ1v) is 15.7. The molecule has 5 aromatic rings. The summed E-state index contributed by atoms with van der Waals surface area (Å²) < 4.78 is 18.0. The number of aliphatic hydroxyl groups excluding tert-OH is 1. The number of hydrogen-bond donors (Lipinski definition) is 1. The minimum atomic E-state index is -1.08. The van der Waals surface area contributed by atoms with Crippen LogP contribution in [0.3, 0.4) is 0 Å². The van der Waals surface area contributed by atoms with Gasteiger partial charge in [0.15, 0.2) is 5.43 Å². The number of aromatic nitrogens is 1. The van der Waals surface area contributed by atoms with Crippen LogP contribution >= 0.6 is 0 Å². The monoisotopic (exact) mass is 601 g/mol. The van der Waals surface area contributed by atoms with E-state index in [0.29, 0.717) is 49.0 Å². The van der Waals surface area contributed by atoms with Crippen molar-refractivity contribution in [1.82, 2.24) is 4.57 Å². The number of aliphatic hydroxyl groups is 1. The average molecular weight is 602 g/mol. The normalized spacial score (nSPS) is 17.2. The summed E-state index contributed by atoms with van der Waals surface area (Å²) in [5, 5.41) is 14.9. The lowest BCUT2D eigenvalue weighted by Crippen LogP contribution is -2.37. The zero-order valence-electron chi connectivity index (χ0n) is 25.3. The van der Waals surface area contributed by atoms with Crippen molar-refractivity contribution in [2.45, 2.75) is 50.4 Å². The Morgan fingerprint density at radius 3 is 2.00 bits per heavy atom. The van der Waals surface area contributed by atoms with E-state index in [-0.39, 0.29) is 17.6 Å². The first-order chi connectivity index (χ1) is 22.0. The molecule has 4 aromatic carbocycles. The molecule has 228 valence electrons. The second-order valence-corrected chi connectivity index (χ2v) is 12.1. The van der Waals surface area contributed by atoms with Gasteiger partial charge in [0, 0.05) is 53.0 Å². The van der Waals surface area contributed by atoms with E-state index in [2.05, 4.69) is 16.6 Å². The van der Waals surface area contributed by atoms with Crippen LogP contribution in [-0.2, 0) is 16.9 Å². The molecule has 0 saturated carbocycles. The summed E-state index contributed by atoms with van der Waals surface area (Å²) in [5.74, 6) is -0.395. The standard InChI is InChI=1S/C38H36FN3O3/c1-26-17-18-32-35-33(23-34(39)36(32)41-21-19-31(43)20-22-41)37(44)27(25-42(26)35)24-40-45-38(28-11-5-2-6-12-28,29-13-7-3-8-14-29)30-15-9-4-10-16-30/h2-16,23-26,31,43H,17-22H2,1H3/b40-24+. The maximum Gasteiger partial charge on any atom is 0.212 e. The first-order valence-electron chi connectivity index (χ1n) is 15.7. The van der Waals surface area contributed by atoms with Gasteiger partial charge in [-0.1, -0.05) is 96.2 Å². The zero-order chi connectivity index (χ0) is 31.0. The smallest absolute Gasteiger partial charge is 0.212 e. The second-order valence-electron chi connectivity index (χ2n) is 12.1. The molecule has 7 rings (SSSR count). The molecule has 2 aliphatic heterocycles. The molecule has 0 bridgehead atoms. The Bertz CT molecular complexity index is 1800. The van der Waals surface area contributed by atoms with Crippen molar-refractivity contribution in [3.8, 4) is 0 Å². The Kier molecular flexibility index (Phi) is 7.71. The summed E-state index contributed by atoms with van der Waals surface area (Å²) in [5.41, 5.74) is 3.86. The summed E-state index contributed by atoms with van der Waals surface area (Å²) in [6.45, 7) is 3.30. The molecule has 1 unspecified atom stereocenters. The zero-order valence-corrected chi connectivity index (χ0v) is 25.3. The van der Waals surface area contributed by atoms with E-state index in [9.17, 15) is 9.90 Å². The minimum Gasteiger partial charge on any atom is -0.393 e. The number of nitrogens with zero attached hydrogens (tertiary/aromatic N) is 3. The third kappa shape index (κ3) is 5.11. The van der Waals surface area contributed by atoms with Gasteiger partial charge in [0.05, 0.1) is 29.1 Å². The predicted octanol–water partition coefficient (Wildman–Crippen LogP) is 6.95. The molecule has 7 heteroatoms. The van der Waals surface area contributed by atoms with Crippen LogP contribution in [0.1, 0.15) is 60.0 Å². The molecule has 1 saturated heterocycles. The van der Waals surface area contributed by atoms with E-state index in [4.69, 9.17) is 4.84 Å². The summed E-state index contributed by atoms with van der Waals surface area (Å²) in [6, 6.07) is 31.3. The molecule has 6 nitrogen and oxygen atoms in total. The fraction of sp³-hybridized carbons (Fsp3) is 0.263. The van der Waals surface area contributed by atoms with E-state index >= 15 is 4.39 Å². The van der Waals surface area contributed by atoms with Crippen LogP contribution in [0.2, 0.25) is 0 Å². The SMILES string of the molecule is CC1CCc2c(N3CCC(O)CC3)c(F)cc3c(=O)c(/C=N/OC(c4ccccc4)(c4ccccc4)c4ccccc4)cn1c23. The number of rotatable bonds is 7. The highest BCUT2D eigenvalue weighted by atomic mass is 19.1. The van der Waals surface area contributed by atoms with Crippen LogP contribution in [0.4, 0.5) is 10.1 Å². The highest BCUT2D eigenvalue weighted by Gasteiger charge is 2.39.